The number of thiophene rings is 2. The first-order valence-corrected chi connectivity index (χ1v) is 11.4. The summed E-state index contributed by atoms with van der Waals surface area (Å²) in [5.41, 5.74) is 1.73. The maximum atomic E-state index is 13.4. The number of hydrogen-bond acceptors (Lipinski definition) is 5. The second-order valence-corrected chi connectivity index (χ2v) is 9.35. The molecule has 0 saturated heterocycles. The Morgan fingerprint density at radius 1 is 1.21 bits per heavy atom. The van der Waals surface area contributed by atoms with E-state index in [2.05, 4.69) is 17.5 Å². The van der Waals surface area contributed by atoms with Gasteiger partial charge in [-0.1, -0.05) is 17.7 Å². The molecule has 1 aromatic carbocycles. The first kappa shape index (κ1) is 18.7. The predicted molar refractivity (Wildman–Crippen MR) is 115 cm³/mol. The normalized spacial score (nSPS) is 18.2. The van der Waals surface area contributed by atoms with Crippen LogP contribution in [0.1, 0.15) is 21.4 Å². The molecule has 5 nitrogen and oxygen atoms in total. The largest absolute Gasteiger partial charge is 0.482 e. The van der Waals surface area contributed by atoms with Gasteiger partial charge in [-0.3, -0.25) is 14.5 Å². The summed E-state index contributed by atoms with van der Waals surface area (Å²) < 4.78 is 5.49. The van der Waals surface area contributed by atoms with Crippen molar-refractivity contribution in [2.45, 2.75) is 12.5 Å². The Hall–Kier alpha value is -2.35. The lowest BCUT2D eigenvalue weighted by Crippen LogP contribution is -2.48. The van der Waals surface area contributed by atoms with Crippen LogP contribution in [0.25, 0.3) is 0 Å². The molecule has 0 bridgehead atoms. The van der Waals surface area contributed by atoms with Crippen LogP contribution in [0.3, 0.4) is 0 Å². The van der Waals surface area contributed by atoms with Crippen LogP contribution in [0.2, 0.25) is 5.02 Å². The van der Waals surface area contributed by atoms with Gasteiger partial charge in [-0.25, -0.2) is 0 Å². The van der Waals surface area contributed by atoms with E-state index in [-0.39, 0.29) is 31.0 Å². The highest BCUT2D eigenvalue weighted by Gasteiger charge is 2.36. The minimum atomic E-state index is -0.242. The molecule has 3 aromatic rings. The zero-order valence-electron chi connectivity index (χ0n) is 15.3. The van der Waals surface area contributed by atoms with Crippen LogP contribution in [0.4, 0.5) is 5.69 Å². The van der Waals surface area contributed by atoms with Crippen LogP contribution in [0.15, 0.2) is 47.2 Å². The maximum Gasteiger partial charge on any atom is 0.265 e. The molecule has 0 spiro atoms. The highest BCUT2D eigenvalue weighted by Crippen LogP contribution is 2.40. The van der Waals surface area contributed by atoms with Gasteiger partial charge in [0.2, 0.25) is 5.91 Å². The molecule has 4 heterocycles. The van der Waals surface area contributed by atoms with Crippen molar-refractivity contribution in [3.05, 3.63) is 67.5 Å². The Kier molecular flexibility index (Phi) is 4.81. The number of amides is 2. The molecular weight excluding hydrogens is 428 g/mol. The predicted octanol–water partition coefficient (Wildman–Crippen LogP) is 4.36. The van der Waals surface area contributed by atoms with Crippen molar-refractivity contribution in [1.29, 1.82) is 0 Å². The second-order valence-electron chi connectivity index (χ2n) is 6.93. The van der Waals surface area contributed by atoms with Crippen molar-refractivity contribution in [2.24, 2.45) is 0 Å². The third-order valence-electron chi connectivity index (χ3n) is 5.26. The van der Waals surface area contributed by atoms with Crippen LogP contribution >= 0.6 is 34.3 Å². The average molecular weight is 445 g/mol. The molecule has 2 aromatic heterocycles. The number of hydrogen-bond donors (Lipinski definition) is 0. The minimum absolute atomic E-state index is 0.0309. The lowest BCUT2D eigenvalue weighted by Gasteiger charge is -2.37. The Bertz CT molecular complexity index is 1080. The summed E-state index contributed by atoms with van der Waals surface area (Å²) >= 11 is 9.51. The standard InChI is InChI=1S/C21H17ClN2O3S2/c22-13-3-4-16-15(10-13)24(20(26)12-27-16)11-19(25)23-7-5-17-14(6-9-29-17)21(23)18-2-1-8-28-18/h1-4,6,8-10,21H,5,7,11-12H2. The van der Waals surface area contributed by atoms with Gasteiger partial charge in [-0.15, -0.1) is 22.7 Å². The lowest BCUT2D eigenvalue weighted by atomic mass is 9.98. The van der Waals surface area contributed by atoms with Crippen molar-refractivity contribution in [3.63, 3.8) is 0 Å². The number of anilines is 1. The summed E-state index contributed by atoms with van der Waals surface area (Å²) in [4.78, 5) is 31.8. The lowest BCUT2D eigenvalue weighted by molar-refractivity contribution is -0.133. The van der Waals surface area contributed by atoms with E-state index in [4.69, 9.17) is 16.3 Å². The van der Waals surface area contributed by atoms with Crippen LogP contribution < -0.4 is 9.64 Å². The number of carbonyl (C=O) groups excluding carboxylic acids is 2. The fourth-order valence-corrected chi connectivity index (χ4v) is 5.84. The fourth-order valence-electron chi connectivity index (χ4n) is 3.91. The average Bonchev–Trinajstić information content (AvgIpc) is 3.41. The van der Waals surface area contributed by atoms with E-state index in [0.29, 0.717) is 23.0 Å². The van der Waals surface area contributed by atoms with Gasteiger partial charge in [-0.2, -0.15) is 0 Å². The number of carbonyl (C=O) groups is 2. The first-order chi connectivity index (χ1) is 14.1. The van der Waals surface area contributed by atoms with Crippen LogP contribution in [-0.2, 0) is 16.0 Å². The van der Waals surface area contributed by atoms with Gasteiger partial charge in [0.1, 0.15) is 12.3 Å². The van der Waals surface area contributed by atoms with E-state index in [9.17, 15) is 9.59 Å². The summed E-state index contributed by atoms with van der Waals surface area (Å²) in [6, 6.07) is 11.2. The number of halogens is 1. The molecular formula is C21H17ClN2O3S2. The number of benzene rings is 1. The van der Waals surface area contributed by atoms with Gasteiger partial charge in [0, 0.05) is 21.3 Å². The molecule has 0 fully saturated rings. The number of ether oxygens (including phenoxy) is 1. The molecule has 8 heteroatoms. The smallest absolute Gasteiger partial charge is 0.265 e. The molecule has 2 aliphatic rings. The van der Waals surface area contributed by atoms with Gasteiger partial charge >= 0.3 is 0 Å². The zero-order valence-corrected chi connectivity index (χ0v) is 17.7. The highest BCUT2D eigenvalue weighted by molar-refractivity contribution is 7.10. The van der Waals surface area contributed by atoms with E-state index in [1.165, 1.54) is 15.3 Å². The highest BCUT2D eigenvalue weighted by atomic mass is 35.5. The van der Waals surface area contributed by atoms with Gasteiger partial charge in [0.25, 0.3) is 5.91 Å². The maximum absolute atomic E-state index is 13.4. The molecule has 0 radical (unpaired) electrons. The molecule has 29 heavy (non-hydrogen) atoms. The monoisotopic (exact) mass is 444 g/mol. The molecule has 1 atom stereocenters. The van der Waals surface area contributed by atoms with E-state index >= 15 is 0 Å². The Morgan fingerprint density at radius 2 is 2.10 bits per heavy atom. The minimum Gasteiger partial charge on any atom is -0.482 e. The van der Waals surface area contributed by atoms with Crippen molar-refractivity contribution < 1.29 is 14.3 Å². The summed E-state index contributed by atoms with van der Waals surface area (Å²) in [7, 11) is 0. The number of fused-ring (bicyclic) bond motifs is 2. The summed E-state index contributed by atoms with van der Waals surface area (Å²) in [5.74, 6) is 0.241. The zero-order chi connectivity index (χ0) is 20.0. The topological polar surface area (TPSA) is 49.9 Å². The second kappa shape index (κ2) is 7.48. The van der Waals surface area contributed by atoms with Crippen molar-refractivity contribution >= 4 is 51.8 Å². The summed E-state index contributed by atoms with van der Waals surface area (Å²) in [6.07, 6.45) is 0.833. The van der Waals surface area contributed by atoms with Gasteiger partial charge < -0.3 is 9.64 Å². The molecule has 2 amide bonds. The summed E-state index contributed by atoms with van der Waals surface area (Å²) in [5, 5.41) is 4.61. The molecule has 1 unspecified atom stereocenters. The Labute approximate surface area is 181 Å². The van der Waals surface area contributed by atoms with Crippen molar-refractivity contribution in [2.75, 3.05) is 24.6 Å². The third kappa shape index (κ3) is 3.33. The molecule has 0 aliphatic carbocycles. The van der Waals surface area contributed by atoms with E-state index in [1.807, 2.05) is 16.3 Å². The Balaban J connectivity index is 1.47. The van der Waals surface area contributed by atoms with Crippen LogP contribution in [-0.4, -0.2) is 36.4 Å². The molecule has 5 rings (SSSR count). The van der Waals surface area contributed by atoms with Crippen LogP contribution in [0.5, 0.6) is 5.75 Å². The van der Waals surface area contributed by atoms with E-state index in [1.54, 1.807) is 40.9 Å². The third-order valence-corrected chi connectivity index (χ3v) is 7.41. The van der Waals surface area contributed by atoms with Crippen molar-refractivity contribution in [1.82, 2.24) is 4.90 Å². The quantitative estimate of drug-likeness (QED) is 0.603. The molecule has 0 saturated carbocycles. The van der Waals surface area contributed by atoms with Gasteiger partial charge in [0.05, 0.1) is 11.7 Å². The number of rotatable bonds is 3. The van der Waals surface area contributed by atoms with Crippen molar-refractivity contribution in [3.8, 4) is 5.75 Å². The van der Waals surface area contributed by atoms with E-state index in [0.717, 1.165) is 11.3 Å². The molecule has 0 N–H and O–H groups in total. The SMILES string of the molecule is O=C1COc2ccc(Cl)cc2N1CC(=O)N1CCc2sccc2C1c1cccs1. The van der Waals surface area contributed by atoms with Crippen LogP contribution in [0, 0.1) is 0 Å². The Morgan fingerprint density at radius 3 is 2.93 bits per heavy atom. The summed E-state index contributed by atoms with van der Waals surface area (Å²) in [6.45, 7) is 0.525. The number of nitrogens with zero attached hydrogens (tertiary/aromatic N) is 2. The molecule has 148 valence electrons. The first-order valence-electron chi connectivity index (χ1n) is 9.23. The molecule has 2 aliphatic heterocycles. The van der Waals surface area contributed by atoms with E-state index < -0.39 is 0 Å². The van der Waals surface area contributed by atoms with Gasteiger partial charge in [0.15, 0.2) is 6.61 Å². The van der Waals surface area contributed by atoms with Gasteiger partial charge in [-0.05, 0) is 53.1 Å². The fraction of sp³-hybridized carbons (Fsp3) is 0.238.